The number of benzene rings is 1. The number of nitrogens with zero attached hydrogens (tertiary/aromatic N) is 4. The molecule has 2 N–H and O–H groups in total. The van der Waals surface area contributed by atoms with Crippen molar-refractivity contribution in [3.63, 3.8) is 0 Å². The standard InChI is InChI=1S/C22H16F3N5O3/c23-22(24,25)11-1-2-12-18(10-33-19(12)5-11)30(4-3-26)21(31)16-6-13-14-8-32-9-15(14)20(27)29-17(13)7-28-16/h1-2,5-7,18H,4,8-10H2,(H2,27,29)/t18-/m0/s1. The highest BCUT2D eigenvalue weighted by atomic mass is 19.4. The van der Waals surface area contributed by atoms with Crippen molar-refractivity contribution < 1.29 is 27.4 Å². The van der Waals surface area contributed by atoms with E-state index >= 15 is 0 Å². The van der Waals surface area contributed by atoms with Crippen molar-refractivity contribution in [3.05, 3.63) is 58.4 Å². The van der Waals surface area contributed by atoms with Gasteiger partial charge in [-0.1, -0.05) is 6.07 Å². The van der Waals surface area contributed by atoms with Gasteiger partial charge in [0.2, 0.25) is 0 Å². The van der Waals surface area contributed by atoms with Gasteiger partial charge >= 0.3 is 6.18 Å². The first-order chi connectivity index (χ1) is 15.8. The van der Waals surface area contributed by atoms with E-state index in [4.69, 9.17) is 15.2 Å². The van der Waals surface area contributed by atoms with E-state index < -0.39 is 23.7 Å². The minimum atomic E-state index is -4.52. The second-order valence-corrected chi connectivity index (χ2v) is 7.70. The van der Waals surface area contributed by atoms with Crippen LogP contribution >= 0.6 is 0 Å². The van der Waals surface area contributed by atoms with Crippen LogP contribution in [0.5, 0.6) is 5.75 Å². The van der Waals surface area contributed by atoms with Crippen LogP contribution in [0.1, 0.15) is 38.8 Å². The number of carbonyl (C=O) groups excluding carboxylic acids is 1. The summed E-state index contributed by atoms with van der Waals surface area (Å²) >= 11 is 0. The summed E-state index contributed by atoms with van der Waals surface area (Å²) in [5.74, 6) is -0.170. The number of nitrogens with two attached hydrogens (primary N) is 1. The van der Waals surface area contributed by atoms with Crippen LogP contribution in [-0.4, -0.2) is 33.9 Å². The monoisotopic (exact) mass is 455 g/mol. The molecular weight excluding hydrogens is 439 g/mol. The van der Waals surface area contributed by atoms with Crippen molar-refractivity contribution in [1.29, 1.82) is 5.26 Å². The molecule has 0 saturated heterocycles. The van der Waals surface area contributed by atoms with E-state index in [9.17, 15) is 23.2 Å². The summed E-state index contributed by atoms with van der Waals surface area (Å²) in [6, 6.07) is 5.90. The van der Waals surface area contributed by atoms with E-state index in [1.165, 1.54) is 17.2 Å². The van der Waals surface area contributed by atoms with Gasteiger partial charge in [0.15, 0.2) is 0 Å². The van der Waals surface area contributed by atoms with Crippen molar-refractivity contribution in [2.75, 3.05) is 18.9 Å². The number of hydrogen-bond acceptors (Lipinski definition) is 7. The highest BCUT2D eigenvalue weighted by Gasteiger charge is 2.37. The second-order valence-electron chi connectivity index (χ2n) is 7.70. The zero-order valence-corrected chi connectivity index (χ0v) is 17.0. The molecule has 3 aromatic rings. The number of carbonyl (C=O) groups is 1. The van der Waals surface area contributed by atoms with Crippen LogP contribution < -0.4 is 10.5 Å². The molecule has 2 aliphatic rings. The molecule has 0 bridgehead atoms. The van der Waals surface area contributed by atoms with Crippen molar-refractivity contribution >= 4 is 22.6 Å². The molecule has 0 fully saturated rings. The Morgan fingerprint density at radius 2 is 2.06 bits per heavy atom. The molecule has 2 aliphatic heterocycles. The highest BCUT2D eigenvalue weighted by molar-refractivity contribution is 5.97. The number of hydrogen-bond donors (Lipinski definition) is 1. The fourth-order valence-electron chi connectivity index (χ4n) is 4.17. The summed E-state index contributed by atoms with van der Waals surface area (Å²) < 4.78 is 50.0. The quantitative estimate of drug-likeness (QED) is 0.603. The Morgan fingerprint density at radius 1 is 1.27 bits per heavy atom. The largest absolute Gasteiger partial charge is 0.491 e. The molecule has 0 radical (unpaired) electrons. The predicted molar refractivity (Wildman–Crippen MR) is 109 cm³/mol. The lowest BCUT2D eigenvalue weighted by atomic mass is 10.0. The average molecular weight is 455 g/mol. The second kappa shape index (κ2) is 7.60. The predicted octanol–water partition coefficient (Wildman–Crippen LogP) is 3.36. The molecule has 1 amide bonds. The molecule has 1 aromatic carbocycles. The maximum atomic E-state index is 13.4. The molecule has 5 rings (SSSR count). The van der Waals surface area contributed by atoms with E-state index in [2.05, 4.69) is 9.97 Å². The minimum Gasteiger partial charge on any atom is -0.491 e. The lowest BCUT2D eigenvalue weighted by Gasteiger charge is -2.25. The molecule has 168 valence electrons. The summed E-state index contributed by atoms with van der Waals surface area (Å²) in [6.45, 7) is 0.281. The molecule has 0 unspecified atom stereocenters. The number of rotatable bonds is 3. The highest BCUT2D eigenvalue weighted by Crippen LogP contribution is 2.41. The molecule has 0 spiro atoms. The zero-order valence-electron chi connectivity index (χ0n) is 17.0. The van der Waals surface area contributed by atoms with Gasteiger partial charge in [-0.3, -0.25) is 4.79 Å². The maximum absolute atomic E-state index is 13.4. The summed E-state index contributed by atoms with van der Waals surface area (Å²) in [7, 11) is 0. The fraction of sp³-hybridized carbons (Fsp3) is 0.273. The lowest BCUT2D eigenvalue weighted by Crippen LogP contribution is -2.36. The smallest absolute Gasteiger partial charge is 0.416 e. The third kappa shape index (κ3) is 3.48. The Hall–Kier alpha value is -3.91. The van der Waals surface area contributed by atoms with E-state index in [0.29, 0.717) is 35.5 Å². The van der Waals surface area contributed by atoms with Crippen LogP contribution in [0.15, 0.2) is 30.5 Å². The summed E-state index contributed by atoms with van der Waals surface area (Å²) in [5, 5.41) is 10.00. The Morgan fingerprint density at radius 3 is 2.82 bits per heavy atom. The molecule has 11 heteroatoms. The van der Waals surface area contributed by atoms with Gasteiger partial charge in [-0.05, 0) is 23.8 Å². The van der Waals surface area contributed by atoms with E-state index in [1.807, 2.05) is 6.07 Å². The first kappa shape index (κ1) is 21.0. The van der Waals surface area contributed by atoms with Crippen LogP contribution in [-0.2, 0) is 24.1 Å². The van der Waals surface area contributed by atoms with Gasteiger partial charge in [-0.15, -0.1) is 0 Å². The molecule has 0 saturated carbocycles. The number of pyridine rings is 2. The number of alkyl halides is 3. The Bertz CT molecular complexity index is 1340. The number of nitrogen functional groups attached to an aromatic ring is 1. The van der Waals surface area contributed by atoms with Gasteiger partial charge in [0.25, 0.3) is 5.91 Å². The molecule has 33 heavy (non-hydrogen) atoms. The van der Waals surface area contributed by atoms with E-state index in [-0.39, 0.29) is 24.6 Å². The van der Waals surface area contributed by atoms with E-state index in [1.54, 1.807) is 6.07 Å². The number of halogens is 3. The lowest BCUT2D eigenvalue weighted by molar-refractivity contribution is -0.137. The SMILES string of the molecule is N#CCN(C(=O)c1cc2c3c(c(N)nc2cn1)COC3)[C@H]1COc2cc(C(F)(F)F)ccc21. The zero-order chi connectivity index (χ0) is 23.3. The first-order valence-corrected chi connectivity index (χ1v) is 9.94. The summed E-state index contributed by atoms with van der Waals surface area (Å²) in [4.78, 5) is 23.1. The minimum absolute atomic E-state index is 0.0340. The van der Waals surface area contributed by atoms with Gasteiger partial charge < -0.3 is 20.1 Å². The summed E-state index contributed by atoms with van der Waals surface area (Å²) in [5.41, 5.74) is 7.69. The van der Waals surface area contributed by atoms with Gasteiger partial charge in [-0.2, -0.15) is 18.4 Å². The molecule has 0 aliphatic carbocycles. The van der Waals surface area contributed by atoms with Crippen LogP contribution in [0.3, 0.4) is 0 Å². The van der Waals surface area contributed by atoms with Crippen LogP contribution in [0.4, 0.5) is 19.0 Å². The average Bonchev–Trinajstić information content (AvgIpc) is 3.44. The van der Waals surface area contributed by atoms with E-state index in [0.717, 1.165) is 23.3 Å². The van der Waals surface area contributed by atoms with Crippen LogP contribution in [0, 0.1) is 11.3 Å². The number of aromatic nitrogens is 2. The molecule has 1 atom stereocenters. The third-order valence-corrected chi connectivity index (χ3v) is 5.81. The van der Waals surface area contributed by atoms with Gasteiger partial charge in [0.05, 0.1) is 42.6 Å². The fourth-order valence-corrected chi connectivity index (χ4v) is 4.17. The normalized spacial score (nSPS) is 16.7. The third-order valence-electron chi connectivity index (χ3n) is 5.81. The van der Waals surface area contributed by atoms with Gasteiger partial charge in [0, 0.05) is 16.5 Å². The number of amides is 1. The topological polar surface area (TPSA) is 114 Å². The Balaban J connectivity index is 1.52. The number of anilines is 1. The number of fused-ring (bicyclic) bond motifs is 4. The molecule has 2 aromatic heterocycles. The van der Waals surface area contributed by atoms with Gasteiger partial charge in [-0.25, -0.2) is 9.97 Å². The molecular formula is C22H16F3N5O3. The van der Waals surface area contributed by atoms with Crippen LogP contribution in [0.2, 0.25) is 0 Å². The maximum Gasteiger partial charge on any atom is 0.416 e. The Labute approximate surface area is 185 Å². The van der Waals surface area contributed by atoms with Crippen molar-refractivity contribution in [3.8, 4) is 11.8 Å². The molecule has 8 nitrogen and oxygen atoms in total. The van der Waals surface area contributed by atoms with Crippen molar-refractivity contribution in [2.24, 2.45) is 0 Å². The number of nitriles is 1. The van der Waals surface area contributed by atoms with Crippen LogP contribution in [0.25, 0.3) is 10.9 Å². The van der Waals surface area contributed by atoms with Gasteiger partial charge in [0.1, 0.15) is 30.4 Å². The van der Waals surface area contributed by atoms with Crippen molar-refractivity contribution in [1.82, 2.24) is 14.9 Å². The molecule has 4 heterocycles. The summed E-state index contributed by atoms with van der Waals surface area (Å²) in [6.07, 6.45) is -3.09. The first-order valence-electron chi connectivity index (χ1n) is 9.94. The number of ether oxygens (including phenoxy) is 2. The van der Waals surface area contributed by atoms with Crippen molar-refractivity contribution in [2.45, 2.75) is 25.4 Å². The Kier molecular flexibility index (Phi) is 4.83.